The Hall–Kier alpha value is -2.22. The third-order valence-electron chi connectivity index (χ3n) is 3.50. The van der Waals surface area contributed by atoms with Gasteiger partial charge in [0.05, 0.1) is 22.7 Å². The second kappa shape index (κ2) is 9.04. The summed E-state index contributed by atoms with van der Waals surface area (Å²) in [5.74, 6) is 0. The number of para-hydroxylation sites is 4. The third kappa shape index (κ3) is 3.95. The molecule has 23 heavy (non-hydrogen) atoms. The Balaban J connectivity index is 0.000000615. The van der Waals surface area contributed by atoms with Gasteiger partial charge in [0.25, 0.3) is 0 Å². The molecular weight excluding hydrogens is 280 g/mol. The third-order valence-corrected chi connectivity index (χ3v) is 3.50. The molecule has 0 N–H and O–H groups in total. The molecule has 2 aromatic rings. The van der Waals surface area contributed by atoms with Crippen LogP contribution < -0.4 is 9.80 Å². The first-order chi connectivity index (χ1) is 11.2. The first-order valence-electron chi connectivity index (χ1n) is 8.52. The summed E-state index contributed by atoms with van der Waals surface area (Å²) in [6.45, 7) is 15.0. The molecule has 0 saturated carbocycles. The highest BCUT2D eigenvalue weighted by molar-refractivity contribution is 5.92. The molecule has 3 rings (SSSR count). The van der Waals surface area contributed by atoms with Crippen LogP contribution in [0.3, 0.4) is 0 Å². The van der Waals surface area contributed by atoms with Gasteiger partial charge >= 0.3 is 0 Å². The lowest BCUT2D eigenvalue weighted by Gasteiger charge is -2.38. The van der Waals surface area contributed by atoms with E-state index in [4.69, 9.17) is 0 Å². The van der Waals surface area contributed by atoms with E-state index in [0.717, 1.165) is 12.1 Å². The van der Waals surface area contributed by atoms with E-state index in [2.05, 4.69) is 78.9 Å². The van der Waals surface area contributed by atoms with Crippen LogP contribution in [0.2, 0.25) is 0 Å². The number of anilines is 4. The topological polar surface area (TPSA) is 6.48 Å². The quantitative estimate of drug-likeness (QED) is 0.581. The van der Waals surface area contributed by atoms with E-state index in [9.17, 15) is 0 Å². The van der Waals surface area contributed by atoms with Gasteiger partial charge in [0.2, 0.25) is 0 Å². The highest BCUT2D eigenvalue weighted by Crippen LogP contribution is 2.46. The maximum Gasteiger partial charge on any atom is 0.0655 e. The van der Waals surface area contributed by atoms with Gasteiger partial charge in [-0.15, -0.1) is 0 Å². The largest absolute Gasteiger partial charge is 0.341 e. The summed E-state index contributed by atoms with van der Waals surface area (Å²) in [6, 6.07) is 17.0. The minimum absolute atomic E-state index is 0.849. The summed E-state index contributed by atoms with van der Waals surface area (Å²) >= 11 is 0. The SMILES string of the molecule is C=C(C)CN1c2ccccc2N(C)c2ccccc21.CC.CC. The zero-order chi connectivity index (χ0) is 17.4. The van der Waals surface area contributed by atoms with Gasteiger partial charge in [-0.3, -0.25) is 0 Å². The molecule has 2 aromatic carbocycles. The van der Waals surface area contributed by atoms with Crippen LogP contribution in [0.5, 0.6) is 0 Å². The van der Waals surface area contributed by atoms with Gasteiger partial charge in [-0.05, 0) is 31.2 Å². The van der Waals surface area contributed by atoms with Gasteiger partial charge in [-0.1, -0.05) is 64.1 Å². The molecule has 0 aromatic heterocycles. The summed E-state index contributed by atoms with van der Waals surface area (Å²) in [4.78, 5) is 4.59. The van der Waals surface area contributed by atoms with Crippen molar-refractivity contribution in [2.24, 2.45) is 0 Å². The smallest absolute Gasteiger partial charge is 0.0655 e. The average Bonchev–Trinajstić information content (AvgIpc) is 2.62. The Kier molecular flexibility index (Phi) is 7.40. The normalized spacial score (nSPS) is 11.2. The van der Waals surface area contributed by atoms with E-state index in [-0.39, 0.29) is 0 Å². The molecule has 2 heteroatoms. The van der Waals surface area contributed by atoms with Gasteiger partial charge in [0.15, 0.2) is 0 Å². The van der Waals surface area contributed by atoms with Crippen LogP contribution in [-0.2, 0) is 0 Å². The first kappa shape index (κ1) is 18.8. The predicted molar refractivity (Wildman–Crippen MR) is 105 cm³/mol. The molecule has 0 amide bonds. The van der Waals surface area contributed by atoms with E-state index in [0.29, 0.717) is 0 Å². The van der Waals surface area contributed by atoms with Gasteiger partial charge < -0.3 is 9.80 Å². The fourth-order valence-corrected chi connectivity index (χ4v) is 2.65. The van der Waals surface area contributed by atoms with Crippen molar-refractivity contribution in [3.8, 4) is 0 Å². The summed E-state index contributed by atoms with van der Waals surface area (Å²) in [6.07, 6.45) is 0. The molecule has 0 spiro atoms. The molecule has 124 valence electrons. The number of hydrogen-bond acceptors (Lipinski definition) is 2. The highest BCUT2D eigenvalue weighted by Gasteiger charge is 2.25. The lowest BCUT2D eigenvalue weighted by molar-refractivity contribution is 1.00. The number of fused-ring (bicyclic) bond motifs is 2. The van der Waals surface area contributed by atoms with Gasteiger partial charge in [0, 0.05) is 13.6 Å². The lowest BCUT2D eigenvalue weighted by Crippen LogP contribution is -2.28. The van der Waals surface area contributed by atoms with Crippen molar-refractivity contribution < 1.29 is 0 Å². The van der Waals surface area contributed by atoms with Crippen LogP contribution in [0.15, 0.2) is 60.7 Å². The van der Waals surface area contributed by atoms with E-state index < -0.39 is 0 Å². The van der Waals surface area contributed by atoms with Crippen molar-refractivity contribution in [2.75, 3.05) is 23.4 Å². The number of nitrogens with zero attached hydrogens (tertiary/aromatic N) is 2. The lowest BCUT2D eigenvalue weighted by atomic mass is 10.1. The maximum absolute atomic E-state index is 4.06. The Bertz CT molecular complexity index is 584. The molecule has 0 atom stereocenters. The summed E-state index contributed by atoms with van der Waals surface area (Å²) in [5, 5.41) is 0. The van der Waals surface area contributed by atoms with Crippen molar-refractivity contribution >= 4 is 22.7 Å². The maximum atomic E-state index is 4.06. The molecule has 0 bridgehead atoms. The van der Waals surface area contributed by atoms with Crippen molar-refractivity contribution in [3.05, 3.63) is 60.7 Å². The van der Waals surface area contributed by atoms with Gasteiger partial charge in [0.1, 0.15) is 0 Å². The second-order valence-corrected chi connectivity index (χ2v) is 5.08. The molecule has 0 saturated heterocycles. The van der Waals surface area contributed by atoms with Gasteiger partial charge in [-0.25, -0.2) is 0 Å². The molecule has 1 aliphatic heterocycles. The van der Waals surface area contributed by atoms with E-state index in [1.54, 1.807) is 0 Å². The fourth-order valence-electron chi connectivity index (χ4n) is 2.65. The average molecular weight is 310 g/mol. The molecule has 1 heterocycles. The minimum Gasteiger partial charge on any atom is -0.341 e. The molecule has 0 radical (unpaired) electrons. The summed E-state index contributed by atoms with van der Waals surface area (Å²) in [7, 11) is 2.12. The van der Waals surface area contributed by atoms with Crippen LogP contribution in [0.1, 0.15) is 34.6 Å². The van der Waals surface area contributed by atoms with E-state index >= 15 is 0 Å². The Morgan fingerprint density at radius 1 is 0.783 bits per heavy atom. The monoisotopic (exact) mass is 310 g/mol. The molecular formula is C21H30N2. The van der Waals surface area contributed by atoms with Crippen LogP contribution in [0.25, 0.3) is 0 Å². The van der Waals surface area contributed by atoms with E-state index in [1.807, 2.05) is 27.7 Å². The van der Waals surface area contributed by atoms with Crippen molar-refractivity contribution in [1.82, 2.24) is 0 Å². The van der Waals surface area contributed by atoms with Crippen molar-refractivity contribution in [2.45, 2.75) is 34.6 Å². The predicted octanol–water partition coefficient (Wildman–Crippen LogP) is 6.53. The number of rotatable bonds is 2. The van der Waals surface area contributed by atoms with E-state index in [1.165, 1.54) is 22.7 Å². The Morgan fingerprint density at radius 2 is 1.13 bits per heavy atom. The van der Waals surface area contributed by atoms with Crippen molar-refractivity contribution in [1.29, 1.82) is 0 Å². The second-order valence-electron chi connectivity index (χ2n) is 5.08. The van der Waals surface area contributed by atoms with Gasteiger partial charge in [-0.2, -0.15) is 0 Å². The fraction of sp³-hybridized carbons (Fsp3) is 0.333. The summed E-state index contributed by atoms with van der Waals surface area (Å²) in [5.41, 5.74) is 6.12. The van der Waals surface area contributed by atoms with Crippen LogP contribution in [0.4, 0.5) is 22.7 Å². The summed E-state index contributed by atoms with van der Waals surface area (Å²) < 4.78 is 0. The molecule has 2 nitrogen and oxygen atoms in total. The molecule has 0 fully saturated rings. The Morgan fingerprint density at radius 3 is 1.48 bits per heavy atom. The number of hydrogen-bond donors (Lipinski definition) is 0. The zero-order valence-corrected chi connectivity index (χ0v) is 15.4. The first-order valence-corrected chi connectivity index (χ1v) is 8.52. The minimum atomic E-state index is 0.849. The molecule has 0 unspecified atom stereocenters. The highest BCUT2D eigenvalue weighted by atomic mass is 15.3. The van der Waals surface area contributed by atoms with Crippen molar-refractivity contribution in [3.63, 3.8) is 0 Å². The molecule has 1 aliphatic rings. The standard InChI is InChI=1S/C17H18N2.2C2H6/c1-13(2)12-19-16-10-6-4-8-14(16)18(3)15-9-5-7-11-17(15)19;2*1-2/h4-11H,1,12H2,2-3H3;2*1-2H3. The van der Waals surface area contributed by atoms with Crippen LogP contribution in [-0.4, -0.2) is 13.6 Å². The molecule has 0 aliphatic carbocycles. The van der Waals surface area contributed by atoms with Crippen LogP contribution in [0, 0.1) is 0 Å². The van der Waals surface area contributed by atoms with Crippen LogP contribution >= 0.6 is 0 Å². The zero-order valence-electron chi connectivity index (χ0n) is 15.4. The number of benzene rings is 2. The Labute approximate surface area is 142 Å².